The van der Waals surface area contributed by atoms with Gasteiger partial charge >= 0.3 is 5.97 Å². The van der Waals surface area contributed by atoms with Crippen molar-refractivity contribution < 1.29 is 14.3 Å². The molecule has 122 valence electrons. The van der Waals surface area contributed by atoms with Crippen LogP contribution in [0.1, 0.15) is 75.4 Å². The number of ether oxygens (including phenoxy) is 1. The summed E-state index contributed by atoms with van der Waals surface area (Å²) in [5, 5.41) is 0. The lowest BCUT2D eigenvalue weighted by atomic mass is 9.88. The molecule has 0 radical (unpaired) electrons. The Morgan fingerprint density at radius 1 is 1.00 bits per heavy atom. The maximum atomic E-state index is 13.0. The van der Waals surface area contributed by atoms with Gasteiger partial charge < -0.3 is 4.74 Å². The van der Waals surface area contributed by atoms with Gasteiger partial charge in [-0.3, -0.25) is 4.79 Å². The summed E-state index contributed by atoms with van der Waals surface area (Å²) in [4.78, 5) is 25.1. The van der Waals surface area contributed by atoms with E-state index in [0.29, 0.717) is 35.1 Å². The van der Waals surface area contributed by atoms with Crippen LogP contribution in [-0.2, 0) is 4.74 Å². The monoisotopic (exact) mass is 320 g/mol. The Morgan fingerprint density at radius 2 is 1.71 bits per heavy atom. The van der Waals surface area contributed by atoms with Crippen LogP contribution >= 0.6 is 0 Å². The van der Waals surface area contributed by atoms with Gasteiger partial charge in [-0.2, -0.15) is 0 Å². The van der Waals surface area contributed by atoms with Crippen LogP contribution in [0.5, 0.6) is 0 Å². The summed E-state index contributed by atoms with van der Waals surface area (Å²) < 4.78 is 5.08. The van der Waals surface area contributed by atoms with E-state index in [-0.39, 0.29) is 5.78 Å². The van der Waals surface area contributed by atoms with E-state index in [1.54, 1.807) is 31.2 Å². The molecule has 2 aliphatic carbocycles. The third-order valence-corrected chi connectivity index (χ3v) is 5.33. The molecule has 1 saturated carbocycles. The molecule has 2 unspecified atom stereocenters. The number of benzene rings is 2. The zero-order chi connectivity index (χ0) is 16.7. The lowest BCUT2D eigenvalue weighted by molar-refractivity contribution is 0.0523. The molecule has 1 fully saturated rings. The van der Waals surface area contributed by atoms with E-state index in [1.165, 1.54) is 30.4 Å². The Morgan fingerprint density at radius 3 is 2.46 bits per heavy atom. The van der Waals surface area contributed by atoms with Crippen molar-refractivity contribution in [3.05, 3.63) is 70.3 Å². The topological polar surface area (TPSA) is 43.4 Å². The molecule has 0 spiro atoms. The summed E-state index contributed by atoms with van der Waals surface area (Å²) >= 11 is 0. The Kier molecular flexibility index (Phi) is 3.72. The van der Waals surface area contributed by atoms with Crippen molar-refractivity contribution in [2.45, 2.75) is 38.0 Å². The van der Waals surface area contributed by atoms with Crippen LogP contribution in [0.4, 0.5) is 0 Å². The second-order valence-electron chi connectivity index (χ2n) is 6.65. The molecule has 0 saturated heterocycles. The second kappa shape index (κ2) is 5.90. The molecule has 3 heteroatoms. The third kappa shape index (κ3) is 2.35. The van der Waals surface area contributed by atoms with Gasteiger partial charge in [-0.05, 0) is 61.3 Å². The van der Waals surface area contributed by atoms with Gasteiger partial charge in [0.25, 0.3) is 0 Å². The van der Waals surface area contributed by atoms with Gasteiger partial charge in [-0.25, -0.2) is 4.79 Å². The van der Waals surface area contributed by atoms with Gasteiger partial charge in [0.1, 0.15) is 0 Å². The molecule has 2 aromatic rings. The molecule has 2 atom stereocenters. The first-order valence-electron chi connectivity index (χ1n) is 8.63. The molecule has 0 aliphatic heterocycles. The fourth-order valence-electron chi connectivity index (χ4n) is 4.21. The molecule has 2 aromatic carbocycles. The maximum absolute atomic E-state index is 13.0. The third-order valence-electron chi connectivity index (χ3n) is 5.33. The molecule has 0 heterocycles. The van der Waals surface area contributed by atoms with Crippen LogP contribution in [0.15, 0.2) is 42.5 Å². The van der Waals surface area contributed by atoms with Crippen LogP contribution in [-0.4, -0.2) is 18.4 Å². The molecule has 0 N–H and O–H groups in total. The largest absolute Gasteiger partial charge is 0.462 e. The fourth-order valence-corrected chi connectivity index (χ4v) is 4.21. The summed E-state index contributed by atoms with van der Waals surface area (Å²) in [7, 11) is 0. The molecule has 2 aliphatic rings. The van der Waals surface area contributed by atoms with E-state index in [0.717, 1.165) is 0 Å². The Labute approximate surface area is 141 Å². The van der Waals surface area contributed by atoms with Crippen molar-refractivity contribution in [1.29, 1.82) is 0 Å². The first-order chi connectivity index (χ1) is 11.7. The van der Waals surface area contributed by atoms with Crippen molar-refractivity contribution in [2.75, 3.05) is 6.61 Å². The quantitative estimate of drug-likeness (QED) is 0.617. The highest BCUT2D eigenvalue weighted by Crippen LogP contribution is 2.53. The van der Waals surface area contributed by atoms with E-state index in [4.69, 9.17) is 4.74 Å². The average Bonchev–Trinajstić information content (AvgIpc) is 3.23. The standard InChI is InChI=1S/C21H20O3/c1-2-24-21(23)18-6-4-3-5-17(18)20(22)15-9-10-16-13-7-8-14(11-13)19(16)12-15/h3-6,9-10,12-14H,2,7-8,11H2,1H3. The van der Waals surface area contributed by atoms with E-state index in [9.17, 15) is 9.59 Å². The number of carbonyl (C=O) groups excluding carboxylic acids is 2. The minimum absolute atomic E-state index is 0.107. The van der Waals surface area contributed by atoms with Crippen LogP contribution in [0.25, 0.3) is 0 Å². The Hall–Kier alpha value is -2.42. The maximum Gasteiger partial charge on any atom is 0.338 e. The lowest BCUT2D eigenvalue weighted by Crippen LogP contribution is -2.13. The van der Waals surface area contributed by atoms with Crippen LogP contribution in [0, 0.1) is 0 Å². The van der Waals surface area contributed by atoms with Gasteiger partial charge in [0.2, 0.25) is 0 Å². The van der Waals surface area contributed by atoms with E-state index in [1.807, 2.05) is 12.1 Å². The zero-order valence-electron chi connectivity index (χ0n) is 13.7. The number of fused-ring (bicyclic) bond motifs is 5. The Bertz CT molecular complexity index is 822. The number of rotatable bonds is 4. The highest BCUT2D eigenvalue weighted by atomic mass is 16.5. The minimum atomic E-state index is -0.443. The summed E-state index contributed by atoms with van der Waals surface area (Å²) in [6.07, 6.45) is 3.73. The molecular formula is C21H20O3. The highest BCUT2D eigenvalue weighted by molar-refractivity contribution is 6.14. The summed E-state index contributed by atoms with van der Waals surface area (Å²) in [5.41, 5.74) is 4.18. The molecule has 3 nitrogen and oxygen atoms in total. The number of hydrogen-bond acceptors (Lipinski definition) is 3. The van der Waals surface area contributed by atoms with Crippen LogP contribution < -0.4 is 0 Å². The zero-order valence-corrected chi connectivity index (χ0v) is 13.7. The molecule has 4 rings (SSSR count). The van der Waals surface area contributed by atoms with Gasteiger partial charge in [-0.15, -0.1) is 0 Å². The van der Waals surface area contributed by atoms with Crippen molar-refractivity contribution in [1.82, 2.24) is 0 Å². The highest BCUT2D eigenvalue weighted by Gasteiger charge is 2.37. The van der Waals surface area contributed by atoms with Crippen LogP contribution in [0.3, 0.4) is 0 Å². The first kappa shape index (κ1) is 15.1. The van der Waals surface area contributed by atoms with Crippen LogP contribution in [0.2, 0.25) is 0 Å². The summed E-state index contributed by atoms with van der Waals surface area (Å²) in [6, 6.07) is 13.0. The van der Waals surface area contributed by atoms with Crippen molar-refractivity contribution >= 4 is 11.8 Å². The molecule has 24 heavy (non-hydrogen) atoms. The minimum Gasteiger partial charge on any atom is -0.462 e. The first-order valence-corrected chi connectivity index (χ1v) is 8.63. The normalized spacial score (nSPS) is 20.7. The second-order valence-corrected chi connectivity index (χ2v) is 6.65. The van der Waals surface area contributed by atoms with Crippen molar-refractivity contribution in [3.8, 4) is 0 Å². The predicted octanol–water partition coefficient (Wildman–Crippen LogP) is 4.46. The van der Waals surface area contributed by atoms with Crippen molar-refractivity contribution in [2.24, 2.45) is 0 Å². The molecular weight excluding hydrogens is 300 g/mol. The molecule has 0 aromatic heterocycles. The molecule has 0 amide bonds. The van der Waals surface area contributed by atoms with E-state index in [2.05, 4.69) is 6.07 Å². The Balaban J connectivity index is 1.71. The van der Waals surface area contributed by atoms with E-state index < -0.39 is 5.97 Å². The lowest BCUT2D eigenvalue weighted by Gasteiger charge is -2.16. The SMILES string of the molecule is CCOC(=O)c1ccccc1C(=O)c1ccc2c(c1)C1CCC2C1. The summed E-state index contributed by atoms with van der Waals surface area (Å²) in [5.74, 6) is 0.741. The van der Waals surface area contributed by atoms with Gasteiger partial charge in [0.15, 0.2) is 5.78 Å². The fraction of sp³-hybridized carbons (Fsp3) is 0.333. The smallest absolute Gasteiger partial charge is 0.338 e. The van der Waals surface area contributed by atoms with Gasteiger partial charge in [0, 0.05) is 11.1 Å². The number of ketones is 1. The van der Waals surface area contributed by atoms with Crippen molar-refractivity contribution in [3.63, 3.8) is 0 Å². The van der Waals surface area contributed by atoms with Gasteiger partial charge in [0.05, 0.1) is 12.2 Å². The predicted molar refractivity (Wildman–Crippen MR) is 91.6 cm³/mol. The number of hydrogen-bond donors (Lipinski definition) is 0. The number of esters is 1. The molecule has 2 bridgehead atoms. The number of carbonyl (C=O) groups is 2. The van der Waals surface area contributed by atoms with Gasteiger partial charge in [-0.1, -0.05) is 30.3 Å². The summed E-state index contributed by atoms with van der Waals surface area (Å²) in [6.45, 7) is 2.06. The average molecular weight is 320 g/mol. The van der Waals surface area contributed by atoms with E-state index >= 15 is 0 Å².